The molecule has 0 bridgehead atoms. The molecule has 0 aromatic carbocycles. The van der Waals surface area contributed by atoms with Gasteiger partial charge in [-0.1, -0.05) is 0 Å². The van der Waals surface area contributed by atoms with E-state index in [0.717, 1.165) is 19.4 Å². The number of aromatic amines is 1. The molecule has 0 amide bonds. The van der Waals surface area contributed by atoms with E-state index in [4.69, 9.17) is 16.3 Å². The van der Waals surface area contributed by atoms with Crippen LogP contribution in [0.15, 0.2) is 11.2 Å². The average molecular weight is 308 g/mol. The second-order valence-corrected chi connectivity index (χ2v) is 6.98. The molecule has 1 aliphatic rings. The molecule has 1 fully saturated rings. The Balaban J connectivity index is 2.10. The number of sulfonamides is 1. The molecule has 108 valence electrons. The lowest BCUT2D eigenvalue weighted by Gasteiger charge is -2.26. The second-order valence-electron chi connectivity index (χ2n) is 4.73. The first-order valence-corrected chi connectivity index (χ1v) is 8.15. The number of ether oxygens (including phenoxy) is 1. The van der Waals surface area contributed by atoms with Gasteiger partial charge in [-0.25, -0.2) is 8.42 Å². The van der Waals surface area contributed by atoms with Gasteiger partial charge in [0.15, 0.2) is 5.03 Å². The predicted octanol–water partition coefficient (Wildman–Crippen LogP) is 1.20. The average Bonchev–Trinajstić information content (AvgIpc) is 2.88. The molecule has 1 aromatic heterocycles. The molecule has 1 saturated heterocycles. The molecule has 6 nitrogen and oxygen atoms in total. The van der Waals surface area contributed by atoms with Crippen LogP contribution in [0.5, 0.6) is 0 Å². The van der Waals surface area contributed by atoms with Crippen LogP contribution in [0.3, 0.4) is 0 Å². The normalized spacial score (nSPS) is 20.9. The first kappa shape index (κ1) is 14.8. The molecule has 2 heterocycles. The van der Waals surface area contributed by atoms with E-state index < -0.39 is 10.0 Å². The van der Waals surface area contributed by atoms with Crippen LogP contribution in [-0.4, -0.2) is 49.7 Å². The number of hydrogen-bond acceptors (Lipinski definition) is 4. The van der Waals surface area contributed by atoms with Crippen molar-refractivity contribution in [3.63, 3.8) is 0 Å². The number of hydrogen-bond donors (Lipinski definition) is 1. The molecule has 1 aromatic rings. The second kappa shape index (κ2) is 6.21. The lowest BCUT2D eigenvalue weighted by Crippen LogP contribution is -2.35. The standard InChI is InChI=1S/C11H18ClN3O3S/c1-15(7-9-3-2-4-18-8-9)19(16,17)11-10(5-12)6-13-14-11/h6,9H,2-5,7-8H2,1H3,(H,13,14). The molecule has 0 saturated carbocycles. The number of H-pyrrole nitrogens is 1. The summed E-state index contributed by atoms with van der Waals surface area (Å²) in [4.78, 5) is 0. The zero-order chi connectivity index (χ0) is 13.9. The highest BCUT2D eigenvalue weighted by molar-refractivity contribution is 7.89. The van der Waals surface area contributed by atoms with Gasteiger partial charge in [-0.3, -0.25) is 5.10 Å². The zero-order valence-corrected chi connectivity index (χ0v) is 12.4. The summed E-state index contributed by atoms with van der Waals surface area (Å²) in [5.74, 6) is 0.363. The van der Waals surface area contributed by atoms with Gasteiger partial charge in [-0.15, -0.1) is 11.6 Å². The molecule has 1 atom stereocenters. The van der Waals surface area contributed by atoms with Crippen LogP contribution in [0.25, 0.3) is 0 Å². The minimum atomic E-state index is -3.56. The largest absolute Gasteiger partial charge is 0.381 e. The Morgan fingerprint density at radius 3 is 3.05 bits per heavy atom. The van der Waals surface area contributed by atoms with Crippen LogP contribution in [-0.2, 0) is 20.6 Å². The van der Waals surface area contributed by atoms with Gasteiger partial charge in [-0.2, -0.15) is 9.40 Å². The Morgan fingerprint density at radius 2 is 2.42 bits per heavy atom. The molecule has 19 heavy (non-hydrogen) atoms. The Morgan fingerprint density at radius 1 is 1.63 bits per heavy atom. The molecule has 0 aliphatic carbocycles. The molecular weight excluding hydrogens is 290 g/mol. The first-order valence-electron chi connectivity index (χ1n) is 6.18. The van der Waals surface area contributed by atoms with Gasteiger partial charge in [0, 0.05) is 25.8 Å². The fraction of sp³-hybridized carbons (Fsp3) is 0.727. The number of aromatic nitrogens is 2. The summed E-state index contributed by atoms with van der Waals surface area (Å²) in [7, 11) is -1.99. The summed E-state index contributed by atoms with van der Waals surface area (Å²) in [5.41, 5.74) is 0.494. The van der Waals surface area contributed by atoms with Crippen LogP contribution < -0.4 is 0 Å². The van der Waals surface area contributed by atoms with Gasteiger partial charge >= 0.3 is 0 Å². The SMILES string of the molecule is CN(CC1CCCOC1)S(=O)(=O)c1[nH]ncc1CCl. The maximum atomic E-state index is 12.4. The third kappa shape index (κ3) is 3.28. The van der Waals surface area contributed by atoms with Crippen LogP contribution in [0, 0.1) is 5.92 Å². The van der Waals surface area contributed by atoms with E-state index in [1.807, 2.05) is 0 Å². The van der Waals surface area contributed by atoms with E-state index in [1.165, 1.54) is 10.5 Å². The highest BCUT2D eigenvalue weighted by Crippen LogP contribution is 2.21. The molecule has 2 rings (SSSR count). The molecule has 1 N–H and O–H groups in total. The molecular formula is C11H18ClN3O3S. The zero-order valence-electron chi connectivity index (χ0n) is 10.8. The number of halogens is 1. The van der Waals surface area contributed by atoms with Crippen molar-refractivity contribution in [3.05, 3.63) is 11.8 Å². The molecule has 1 aliphatic heterocycles. The van der Waals surface area contributed by atoms with E-state index >= 15 is 0 Å². The topological polar surface area (TPSA) is 75.3 Å². The van der Waals surface area contributed by atoms with Gasteiger partial charge in [0.1, 0.15) is 0 Å². The first-order chi connectivity index (χ1) is 9.05. The van der Waals surface area contributed by atoms with Crippen molar-refractivity contribution in [2.45, 2.75) is 23.7 Å². The lowest BCUT2D eigenvalue weighted by molar-refractivity contribution is 0.0495. The van der Waals surface area contributed by atoms with Crippen LogP contribution in [0.1, 0.15) is 18.4 Å². The summed E-state index contributed by atoms with van der Waals surface area (Å²) in [6.45, 7) is 1.83. The molecule has 0 spiro atoms. The molecule has 8 heteroatoms. The molecule has 1 unspecified atom stereocenters. The quantitative estimate of drug-likeness (QED) is 0.829. The van der Waals surface area contributed by atoms with Gasteiger partial charge in [0.05, 0.1) is 18.7 Å². The smallest absolute Gasteiger partial charge is 0.260 e. The van der Waals surface area contributed by atoms with Crippen molar-refractivity contribution in [3.8, 4) is 0 Å². The van der Waals surface area contributed by atoms with Crippen molar-refractivity contribution >= 4 is 21.6 Å². The highest BCUT2D eigenvalue weighted by atomic mass is 35.5. The van der Waals surface area contributed by atoms with E-state index in [0.29, 0.717) is 18.7 Å². The maximum absolute atomic E-state index is 12.4. The van der Waals surface area contributed by atoms with Crippen molar-refractivity contribution in [2.24, 2.45) is 5.92 Å². The summed E-state index contributed by atoms with van der Waals surface area (Å²) in [5, 5.41) is 6.35. The van der Waals surface area contributed by atoms with E-state index in [1.54, 1.807) is 7.05 Å². The maximum Gasteiger partial charge on any atom is 0.260 e. The van der Waals surface area contributed by atoms with Gasteiger partial charge < -0.3 is 4.74 Å². The molecule has 0 radical (unpaired) electrons. The monoisotopic (exact) mass is 307 g/mol. The number of nitrogens with one attached hydrogen (secondary N) is 1. The Hall–Kier alpha value is -0.630. The van der Waals surface area contributed by atoms with Crippen LogP contribution in [0.4, 0.5) is 0 Å². The third-order valence-corrected chi connectivity index (χ3v) is 5.39. The Bertz CT molecular complexity index is 511. The van der Waals surface area contributed by atoms with Gasteiger partial charge in [0.25, 0.3) is 10.0 Å². The number of rotatable bonds is 5. The highest BCUT2D eigenvalue weighted by Gasteiger charge is 2.28. The van der Waals surface area contributed by atoms with E-state index in [-0.39, 0.29) is 16.8 Å². The number of alkyl halides is 1. The van der Waals surface area contributed by atoms with Crippen LogP contribution >= 0.6 is 11.6 Å². The van der Waals surface area contributed by atoms with Gasteiger partial charge in [0.2, 0.25) is 0 Å². The van der Waals surface area contributed by atoms with Crippen molar-refractivity contribution < 1.29 is 13.2 Å². The van der Waals surface area contributed by atoms with Crippen molar-refractivity contribution in [1.82, 2.24) is 14.5 Å². The fourth-order valence-corrected chi connectivity index (χ4v) is 3.81. The van der Waals surface area contributed by atoms with E-state index in [9.17, 15) is 8.42 Å². The van der Waals surface area contributed by atoms with Crippen molar-refractivity contribution in [1.29, 1.82) is 0 Å². The van der Waals surface area contributed by atoms with Crippen molar-refractivity contribution in [2.75, 3.05) is 26.8 Å². The fourth-order valence-electron chi connectivity index (χ4n) is 2.19. The Kier molecular flexibility index (Phi) is 4.83. The van der Waals surface area contributed by atoms with Crippen LogP contribution in [0.2, 0.25) is 0 Å². The predicted molar refractivity (Wildman–Crippen MR) is 71.5 cm³/mol. The summed E-state index contributed by atoms with van der Waals surface area (Å²) < 4.78 is 31.5. The minimum Gasteiger partial charge on any atom is -0.381 e. The summed E-state index contributed by atoms with van der Waals surface area (Å²) in [6.07, 6.45) is 3.41. The van der Waals surface area contributed by atoms with Gasteiger partial charge in [-0.05, 0) is 18.8 Å². The minimum absolute atomic E-state index is 0.0849. The summed E-state index contributed by atoms with van der Waals surface area (Å²) >= 11 is 5.71. The summed E-state index contributed by atoms with van der Waals surface area (Å²) in [6, 6.07) is 0. The third-order valence-electron chi connectivity index (χ3n) is 3.26. The van der Waals surface area contributed by atoms with E-state index in [2.05, 4.69) is 10.2 Å². The lowest BCUT2D eigenvalue weighted by atomic mass is 10.0. The number of nitrogens with zero attached hydrogens (tertiary/aromatic N) is 2. The Labute approximate surface area is 118 Å².